The number of carbonyl (C=O) groups excluding carboxylic acids is 1. The van der Waals surface area contributed by atoms with E-state index in [4.69, 9.17) is 4.74 Å². The van der Waals surface area contributed by atoms with E-state index in [-0.39, 0.29) is 35.6 Å². The lowest BCUT2D eigenvalue weighted by atomic mass is 9.91. The Hall–Kier alpha value is -3.21. The lowest BCUT2D eigenvalue weighted by molar-refractivity contribution is -0.158. The van der Waals surface area contributed by atoms with Gasteiger partial charge in [0.25, 0.3) is 5.91 Å². The van der Waals surface area contributed by atoms with Gasteiger partial charge in [0.2, 0.25) is 0 Å². The molecular weight excluding hydrogens is 508 g/mol. The van der Waals surface area contributed by atoms with Crippen LogP contribution in [0.3, 0.4) is 0 Å². The minimum atomic E-state index is -2.04. The fraction of sp³-hybridized carbons (Fsp3) is 0.259. The van der Waals surface area contributed by atoms with Crippen molar-refractivity contribution in [1.82, 2.24) is 5.01 Å². The van der Waals surface area contributed by atoms with Gasteiger partial charge in [-0.1, -0.05) is 42.1 Å². The smallest absolute Gasteiger partial charge is 0.281 e. The number of aliphatic hydroxyl groups excluding tert-OH is 1. The van der Waals surface area contributed by atoms with Crippen molar-refractivity contribution < 1.29 is 32.2 Å². The highest BCUT2D eigenvalue weighted by Crippen LogP contribution is 2.52. The largest absolute Gasteiger partial charge is 0.396 e. The molecule has 3 aromatic rings. The van der Waals surface area contributed by atoms with Gasteiger partial charge in [0, 0.05) is 24.8 Å². The molecule has 2 atom stereocenters. The predicted molar refractivity (Wildman–Crippen MR) is 132 cm³/mol. The summed E-state index contributed by atoms with van der Waals surface area (Å²) in [5.41, 5.74) is -1.98. The lowest BCUT2D eigenvalue weighted by Crippen LogP contribution is -2.51. The van der Waals surface area contributed by atoms with Gasteiger partial charge in [0.05, 0.1) is 0 Å². The molecule has 4 rings (SSSR count). The highest BCUT2D eigenvalue weighted by molar-refractivity contribution is 8.15. The summed E-state index contributed by atoms with van der Waals surface area (Å²) in [5.74, 6) is -3.96. The number of nitrogens with zero attached hydrogens (tertiary/aromatic N) is 2. The van der Waals surface area contributed by atoms with Gasteiger partial charge in [-0.25, -0.2) is 22.6 Å². The Morgan fingerprint density at radius 3 is 2.32 bits per heavy atom. The Balaban J connectivity index is 1.94. The number of halogens is 4. The topological polar surface area (TPSA) is 62.1 Å². The number of benzene rings is 3. The van der Waals surface area contributed by atoms with Gasteiger partial charge < -0.3 is 9.84 Å². The van der Waals surface area contributed by atoms with E-state index < -0.39 is 39.6 Å². The van der Waals surface area contributed by atoms with Gasteiger partial charge in [-0.05, 0) is 61.7 Å². The number of hydrazone groups is 1. The lowest BCUT2D eigenvalue weighted by Gasteiger charge is -2.40. The van der Waals surface area contributed by atoms with E-state index in [1.54, 1.807) is 30.3 Å². The molecule has 1 N–H and O–H groups in total. The number of thioether (sulfide) groups is 1. The quantitative estimate of drug-likeness (QED) is 0.380. The normalized spacial score (nSPS) is 19.0. The molecule has 3 aromatic carbocycles. The van der Waals surface area contributed by atoms with Crippen LogP contribution in [0.25, 0.3) is 0 Å². The summed E-state index contributed by atoms with van der Waals surface area (Å²) in [6.45, 7) is 1.07. The molecule has 1 amide bonds. The average molecular weight is 533 g/mol. The number of amides is 1. The maximum Gasteiger partial charge on any atom is 0.281 e. The third-order valence-electron chi connectivity index (χ3n) is 6.31. The number of methoxy groups -OCH3 is 1. The van der Waals surface area contributed by atoms with Crippen molar-refractivity contribution >= 4 is 22.7 Å². The van der Waals surface area contributed by atoms with Crippen molar-refractivity contribution in [3.05, 3.63) is 107 Å². The van der Waals surface area contributed by atoms with Crippen LogP contribution in [-0.2, 0) is 20.0 Å². The highest BCUT2D eigenvalue weighted by atomic mass is 32.2. The Labute approximate surface area is 215 Å². The molecule has 0 radical (unpaired) electrons. The first kappa shape index (κ1) is 26.8. The number of aliphatic hydroxyl groups is 1. The zero-order chi connectivity index (χ0) is 26.8. The van der Waals surface area contributed by atoms with E-state index in [1.807, 2.05) is 0 Å². The van der Waals surface area contributed by atoms with Gasteiger partial charge in [-0.2, -0.15) is 5.10 Å². The van der Waals surface area contributed by atoms with Crippen molar-refractivity contribution in [2.24, 2.45) is 5.10 Å². The minimum absolute atomic E-state index is 0.00492. The SMILES string of the molecule is CO[C@](C)(C(=O)N1N=C(c2cc(F)ccc2F)SC1(CCCO)c1ccccc1)c1cc(F)ccc1F. The van der Waals surface area contributed by atoms with Crippen molar-refractivity contribution in [1.29, 1.82) is 0 Å². The molecule has 0 saturated carbocycles. The second-order valence-electron chi connectivity index (χ2n) is 8.59. The van der Waals surface area contributed by atoms with Crippen molar-refractivity contribution in [3.63, 3.8) is 0 Å². The van der Waals surface area contributed by atoms with Crippen LogP contribution in [0, 0.1) is 23.3 Å². The standard InChI is InChI=1S/C27H24F4N2O3S/c1-26(36-2,21-16-19(29)10-12-23(21)31)25(35)33-27(13-6-14-34,17-7-4-3-5-8-17)37-24(32-33)20-15-18(28)9-11-22(20)30/h3-5,7-12,15-16,34H,6,13-14H2,1-2H3/t26-,27?/m0/s1. The molecule has 0 bridgehead atoms. The molecule has 1 unspecified atom stereocenters. The van der Waals surface area contributed by atoms with Crippen LogP contribution < -0.4 is 0 Å². The Bertz CT molecular complexity index is 1340. The Morgan fingerprint density at radius 2 is 1.68 bits per heavy atom. The van der Waals surface area contributed by atoms with Crippen LogP contribution in [0.1, 0.15) is 36.5 Å². The summed E-state index contributed by atoms with van der Waals surface area (Å²) in [6, 6.07) is 14.3. The van der Waals surface area contributed by atoms with Gasteiger partial charge in [0.1, 0.15) is 33.2 Å². The number of rotatable bonds is 8. The molecule has 10 heteroatoms. The minimum Gasteiger partial charge on any atom is -0.396 e. The molecule has 0 aromatic heterocycles. The van der Waals surface area contributed by atoms with E-state index in [0.717, 1.165) is 53.2 Å². The zero-order valence-corrected chi connectivity index (χ0v) is 20.9. The number of carbonyl (C=O) groups is 1. The fourth-order valence-electron chi connectivity index (χ4n) is 4.25. The molecule has 0 spiro atoms. The van der Waals surface area contributed by atoms with Crippen LogP contribution in [0.4, 0.5) is 17.6 Å². The number of hydrogen-bond donors (Lipinski definition) is 1. The van der Waals surface area contributed by atoms with Crippen LogP contribution >= 0.6 is 11.8 Å². The summed E-state index contributed by atoms with van der Waals surface area (Å²) in [6.07, 6.45) is 0.372. The summed E-state index contributed by atoms with van der Waals surface area (Å²) in [4.78, 5) is 12.9. The number of hydrogen-bond acceptors (Lipinski definition) is 5. The molecule has 5 nitrogen and oxygen atoms in total. The highest BCUT2D eigenvalue weighted by Gasteiger charge is 2.54. The van der Waals surface area contributed by atoms with Gasteiger partial charge >= 0.3 is 0 Å². The first-order valence-electron chi connectivity index (χ1n) is 11.4. The molecule has 1 heterocycles. The molecule has 0 aliphatic carbocycles. The Morgan fingerprint density at radius 1 is 1.03 bits per heavy atom. The van der Waals surface area contributed by atoms with E-state index >= 15 is 0 Å². The predicted octanol–water partition coefficient (Wildman–Crippen LogP) is 5.67. The molecule has 1 aliphatic rings. The van der Waals surface area contributed by atoms with Gasteiger partial charge in [-0.15, -0.1) is 0 Å². The molecule has 0 saturated heterocycles. The van der Waals surface area contributed by atoms with E-state index in [1.165, 1.54) is 14.0 Å². The Kier molecular flexibility index (Phi) is 7.72. The third kappa shape index (κ3) is 4.88. The summed E-state index contributed by atoms with van der Waals surface area (Å²) in [7, 11) is 1.18. The molecule has 37 heavy (non-hydrogen) atoms. The second kappa shape index (κ2) is 10.6. The average Bonchev–Trinajstić information content (AvgIpc) is 3.30. The molecule has 0 fully saturated rings. The van der Waals surface area contributed by atoms with E-state index in [2.05, 4.69) is 5.10 Å². The van der Waals surface area contributed by atoms with Crippen LogP contribution in [0.2, 0.25) is 0 Å². The monoisotopic (exact) mass is 532 g/mol. The van der Waals surface area contributed by atoms with Crippen LogP contribution in [0.15, 0.2) is 71.8 Å². The fourth-order valence-corrected chi connectivity index (χ4v) is 5.67. The number of ether oxygens (including phenoxy) is 1. The molecule has 1 aliphatic heterocycles. The van der Waals surface area contributed by atoms with Crippen molar-refractivity contribution in [2.45, 2.75) is 30.2 Å². The summed E-state index contributed by atoms with van der Waals surface area (Å²) in [5, 5.41) is 15.1. The van der Waals surface area contributed by atoms with Crippen LogP contribution in [-0.4, -0.2) is 34.8 Å². The van der Waals surface area contributed by atoms with E-state index in [9.17, 15) is 27.5 Å². The van der Waals surface area contributed by atoms with E-state index in [0.29, 0.717) is 5.56 Å². The van der Waals surface area contributed by atoms with Gasteiger partial charge in [-0.3, -0.25) is 4.79 Å². The van der Waals surface area contributed by atoms with Crippen LogP contribution in [0.5, 0.6) is 0 Å². The van der Waals surface area contributed by atoms with Crippen molar-refractivity contribution in [3.8, 4) is 0 Å². The maximum atomic E-state index is 14.9. The molecular formula is C27H24F4N2O3S. The first-order chi connectivity index (χ1) is 17.7. The van der Waals surface area contributed by atoms with Gasteiger partial charge in [0.15, 0.2) is 5.60 Å². The second-order valence-corrected chi connectivity index (χ2v) is 9.85. The summed E-state index contributed by atoms with van der Waals surface area (Å²) >= 11 is 1.01. The summed E-state index contributed by atoms with van der Waals surface area (Å²) < 4.78 is 63.4. The maximum absolute atomic E-state index is 14.9. The zero-order valence-electron chi connectivity index (χ0n) is 20.1. The first-order valence-corrected chi connectivity index (χ1v) is 12.2. The third-order valence-corrected chi connectivity index (χ3v) is 7.75. The molecule has 194 valence electrons. The van der Waals surface area contributed by atoms with Crippen molar-refractivity contribution in [2.75, 3.05) is 13.7 Å².